The number of carbonyl (C=O) groups excluding carboxylic acids is 3. The van der Waals surface area contributed by atoms with Gasteiger partial charge in [-0.3, -0.25) is 4.79 Å². The number of hydrogen-bond acceptors (Lipinski definition) is 6. The van der Waals surface area contributed by atoms with Crippen LogP contribution in [0.1, 0.15) is 6.92 Å². The number of amides is 3. The van der Waals surface area contributed by atoms with Crippen molar-refractivity contribution in [2.45, 2.75) is 19.0 Å². The van der Waals surface area contributed by atoms with Gasteiger partial charge in [-0.25, -0.2) is 9.59 Å². The minimum Gasteiger partial charge on any atom is -0.467 e. The van der Waals surface area contributed by atoms with Gasteiger partial charge in [-0.15, -0.1) is 0 Å². The summed E-state index contributed by atoms with van der Waals surface area (Å²) in [5, 5.41) is 5.70. The Morgan fingerprint density at radius 1 is 1.26 bits per heavy atom. The molecule has 2 N–H and O–H groups in total. The lowest BCUT2D eigenvalue weighted by atomic mass is 10.1. The zero-order chi connectivity index (χ0) is 16.8. The Kier molecular flexibility index (Phi) is 6.17. The fourth-order valence-electron chi connectivity index (χ4n) is 2.65. The Labute approximate surface area is 135 Å². The number of piperazine rings is 1. The fraction of sp³-hybridized carbons (Fsp3) is 0.786. The molecule has 130 valence electrons. The number of morpholine rings is 1. The average molecular weight is 328 g/mol. The summed E-state index contributed by atoms with van der Waals surface area (Å²) in [4.78, 5) is 39.8. The van der Waals surface area contributed by atoms with Gasteiger partial charge in [0.2, 0.25) is 5.91 Å². The summed E-state index contributed by atoms with van der Waals surface area (Å²) in [7, 11) is 1.27. The smallest absolute Gasteiger partial charge is 0.328 e. The molecule has 2 atom stereocenters. The third kappa shape index (κ3) is 4.32. The number of ether oxygens (including phenoxy) is 2. The molecular formula is C14H24N4O5. The van der Waals surface area contributed by atoms with Crippen molar-refractivity contribution in [3.05, 3.63) is 0 Å². The molecule has 2 aliphatic heterocycles. The van der Waals surface area contributed by atoms with Crippen LogP contribution in [-0.2, 0) is 19.1 Å². The average Bonchev–Trinajstić information content (AvgIpc) is 2.60. The van der Waals surface area contributed by atoms with Gasteiger partial charge in [0.15, 0.2) is 0 Å². The van der Waals surface area contributed by atoms with Crippen molar-refractivity contribution in [1.82, 2.24) is 20.4 Å². The summed E-state index contributed by atoms with van der Waals surface area (Å²) >= 11 is 0. The Hall–Kier alpha value is -1.87. The molecule has 0 spiro atoms. The molecule has 2 aliphatic rings. The first-order chi connectivity index (χ1) is 11.0. The van der Waals surface area contributed by atoms with E-state index in [2.05, 4.69) is 15.4 Å². The second kappa shape index (κ2) is 8.11. The summed E-state index contributed by atoms with van der Waals surface area (Å²) < 4.78 is 9.85. The fourth-order valence-corrected chi connectivity index (χ4v) is 2.65. The molecule has 0 aromatic rings. The van der Waals surface area contributed by atoms with Gasteiger partial charge >= 0.3 is 12.0 Å². The Balaban J connectivity index is 2.00. The third-order valence-electron chi connectivity index (χ3n) is 3.99. The molecule has 0 bridgehead atoms. The molecule has 2 unspecified atom stereocenters. The molecule has 0 aliphatic carbocycles. The van der Waals surface area contributed by atoms with Gasteiger partial charge in [-0.2, -0.15) is 0 Å². The maximum Gasteiger partial charge on any atom is 0.328 e. The second-order valence-corrected chi connectivity index (χ2v) is 5.55. The molecule has 2 rings (SSSR count). The van der Waals surface area contributed by atoms with Crippen molar-refractivity contribution in [2.75, 3.05) is 53.0 Å². The molecule has 0 aromatic carbocycles. The van der Waals surface area contributed by atoms with E-state index in [0.29, 0.717) is 45.9 Å². The number of hydrogen-bond donors (Lipinski definition) is 2. The Morgan fingerprint density at radius 3 is 2.61 bits per heavy atom. The summed E-state index contributed by atoms with van der Waals surface area (Å²) in [6.45, 7) is 5.05. The number of carbonyl (C=O) groups is 3. The molecule has 2 saturated heterocycles. The van der Waals surface area contributed by atoms with Crippen molar-refractivity contribution in [3.63, 3.8) is 0 Å². The lowest BCUT2D eigenvalue weighted by molar-refractivity contribution is -0.145. The molecule has 2 heterocycles. The quantitative estimate of drug-likeness (QED) is 0.605. The van der Waals surface area contributed by atoms with Crippen LogP contribution in [0.2, 0.25) is 0 Å². The van der Waals surface area contributed by atoms with Gasteiger partial charge in [0.05, 0.1) is 20.3 Å². The van der Waals surface area contributed by atoms with Crippen LogP contribution in [0.3, 0.4) is 0 Å². The molecule has 9 nitrogen and oxygen atoms in total. The van der Waals surface area contributed by atoms with Crippen molar-refractivity contribution in [3.8, 4) is 0 Å². The molecule has 3 amide bonds. The lowest BCUT2D eigenvalue weighted by Crippen LogP contribution is -2.63. The monoisotopic (exact) mass is 328 g/mol. The predicted molar refractivity (Wildman–Crippen MR) is 80.8 cm³/mol. The highest BCUT2D eigenvalue weighted by molar-refractivity contribution is 5.90. The number of rotatable bonds is 3. The maximum atomic E-state index is 12.6. The Morgan fingerprint density at radius 2 is 1.96 bits per heavy atom. The SMILES string of the molecule is COC(=O)C(C)NC(=O)C1CNCCN1C(=O)N1CCOCC1. The largest absolute Gasteiger partial charge is 0.467 e. The van der Waals surface area contributed by atoms with Crippen molar-refractivity contribution in [1.29, 1.82) is 0 Å². The second-order valence-electron chi connectivity index (χ2n) is 5.55. The van der Waals surface area contributed by atoms with E-state index < -0.39 is 18.1 Å². The topological polar surface area (TPSA) is 100 Å². The van der Waals surface area contributed by atoms with Crippen LogP contribution in [-0.4, -0.2) is 92.8 Å². The first kappa shape index (κ1) is 17.5. The highest BCUT2D eigenvalue weighted by Gasteiger charge is 2.35. The molecular weight excluding hydrogens is 304 g/mol. The lowest BCUT2D eigenvalue weighted by Gasteiger charge is -2.39. The summed E-state index contributed by atoms with van der Waals surface area (Å²) in [5.74, 6) is -0.884. The van der Waals surface area contributed by atoms with E-state index in [9.17, 15) is 14.4 Å². The van der Waals surface area contributed by atoms with Gasteiger partial charge in [0.1, 0.15) is 12.1 Å². The minimum absolute atomic E-state index is 0.166. The summed E-state index contributed by atoms with van der Waals surface area (Å²) in [6, 6.07) is -1.57. The van der Waals surface area contributed by atoms with Gasteiger partial charge in [-0.05, 0) is 6.92 Å². The zero-order valence-electron chi connectivity index (χ0n) is 13.5. The third-order valence-corrected chi connectivity index (χ3v) is 3.99. The molecule has 0 radical (unpaired) electrons. The zero-order valence-corrected chi connectivity index (χ0v) is 13.5. The number of methoxy groups -OCH3 is 1. The first-order valence-electron chi connectivity index (χ1n) is 7.76. The highest BCUT2D eigenvalue weighted by Crippen LogP contribution is 2.10. The van der Waals surface area contributed by atoms with E-state index in [1.165, 1.54) is 7.11 Å². The first-order valence-corrected chi connectivity index (χ1v) is 7.76. The number of esters is 1. The van der Waals surface area contributed by atoms with Crippen molar-refractivity contribution >= 4 is 17.9 Å². The van der Waals surface area contributed by atoms with E-state index in [1.807, 2.05) is 0 Å². The standard InChI is InChI=1S/C14H24N4O5/c1-10(13(20)22-2)16-12(19)11-9-15-3-4-18(11)14(21)17-5-7-23-8-6-17/h10-11,15H,3-9H2,1-2H3,(H,16,19). The van der Waals surface area contributed by atoms with Crippen LogP contribution >= 0.6 is 0 Å². The number of nitrogens with one attached hydrogen (secondary N) is 2. The minimum atomic E-state index is -0.755. The van der Waals surface area contributed by atoms with Gasteiger partial charge in [-0.1, -0.05) is 0 Å². The number of urea groups is 1. The molecule has 0 aromatic heterocycles. The van der Waals surface area contributed by atoms with Crippen molar-refractivity contribution in [2.24, 2.45) is 0 Å². The van der Waals surface area contributed by atoms with Gasteiger partial charge in [0.25, 0.3) is 0 Å². The normalized spacial score (nSPS) is 23.1. The summed E-state index contributed by atoms with van der Waals surface area (Å²) in [5.41, 5.74) is 0. The van der Waals surface area contributed by atoms with Gasteiger partial charge < -0.3 is 29.9 Å². The van der Waals surface area contributed by atoms with Crippen LogP contribution in [0.25, 0.3) is 0 Å². The van der Waals surface area contributed by atoms with E-state index in [1.54, 1.807) is 16.7 Å². The van der Waals surface area contributed by atoms with E-state index in [0.717, 1.165) is 0 Å². The molecule has 2 fully saturated rings. The van der Waals surface area contributed by atoms with Crippen molar-refractivity contribution < 1.29 is 23.9 Å². The van der Waals surface area contributed by atoms with Crippen LogP contribution in [0.4, 0.5) is 4.79 Å². The highest BCUT2D eigenvalue weighted by atomic mass is 16.5. The van der Waals surface area contributed by atoms with Crippen LogP contribution in [0, 0.1) is 0 Å². The molecule has 23 heavy (non-hydrogen) atoms. The van der Waals surface area contributed by atoms with Crippen LogP contribution in [0.15, 0.2) is 0 Å². The van der Waals surface area contributed by atoms with Gasteiger partial charge in [0, 0.05) is 32.7 Å². The maximum absolute atomic E-state index is 12.6. The van der Waals surface area contributed by atoms with E-state index in [4.69, 9.17) is 4.74 Å². The Bertz CT molecular complexity index is 452. The van der Waals surface area contributed by atoms with Crippen LogP contribution in [0.5, 0.6) is 0 Å². The summed E-state index contributed by atoms with van der Waals surface area (Å²) in [6.07, 6.45) is 0. The molecule has 0 saturated carbocycles. The van der Waals surface area contributed by atoms with E-state index >= 15 is 0 Å². The van der Waals surface area contributed by atoms with E-state index in [-0.39, 0.29) is 11.9 Å². The number of nitrogens with zero attached hydrogens (tertiary/aromatic N) is 2. The molecule has 9 heteroatoms. The predicted octanol–water partition coefficient (Wildman–Crippen LogP) is -1.61. The van der Waals surface area contributed by atoms with Crippen LogP contribution < -0.4 is 10.6 Å².